The summed E-state index contributed by atoms with van der Waals surface area (Å²) >= 11 is 0. The molecule has 0 aliphatic carbocycles. The van der Waals surface area contributed by atoms with E-state index < -0.39 is 6.04 Å². The number of halogens is 1. The monoisotopic (exact) mass is 266 g/mol. The molecule has 2 atom stereocenters. The van der Waals surface area contributed by atoms with Crippen LogP contribution in [-0.2, 0) is 9.53 Å². The van der Waals surface area contributed by atoms with E-state index in [9.17, 15) is 4.79 Å². The quantitative estimate of drug-likeness (QED) is 0.738. The Bertz CT molecular complexity index is 256. The minimum Gasteiger partial charge on any atom is -0.394 e. The second-order valence-corrected chi connectivity index (χ2v) is 5.30. The van der Waals surface area contributed by atoms with Gasteiger partial charge in [-0.05, 0) is 5.41 Å². The molecule has 5 nitrogen and oxygen atoms in total. The van der Waals surface area contributed by atoms with Crippen LogP contribution in [0.4, 0.5) is 0 Å². The van der Waals surface area contributed by atoms with Crippen LogP contribution < -0.4 is 5.73 Å². The molecule has 1 aliphatic heterocycles. The van der Waals surface area contributed by atoms with Gasteiger partial charge in [0, 0.05) is 13.1 Å². The van der Waals surface area contributed by atoms with E-state index in [0.29, 0.717) is 19.7 Å². The normalized spacial score (nSPS) is 22.9. The van der Waals surface area contributed by atoms with Gasteiger partial charge in [-0.3, -0.25) is 4.79 Å². The van der Waals surface area contributed by atoms with E-state index in [1.807, 2.05) is 20.8 Å². The summed E-state index contributed by atoms with van der Waals surface area (Å²) in [4.78, 5) is 13.8. The molecular weight excluding hydrogens is 244 g/mol. The molecule has 0 bridgehead atoms. The van der Waals surface area contributed by atoms with Crippen molar-refractivity contribution in [3.8, 4) is 0 Å². The van der Waals surface area contributed by atoms with E-state index in [1.54, 1.807) is 4.90 Å². The number of aliphatic hydroxyl groups is 1. The maximum Gasteiger partial charge on any atom is 0.240 e. The van der Waals surface area contributed by atoms with E-state index in [2.05, 4.69) is 0 Å². The highest BCUT2D eigenvalue weighted by Crippen LogP contribution is 2.20. The van der Waals surface area contributed by atoms with E-state index in [4.69, 9.17) is 15.6 Å². The molecular formula is C11H23ClN2O3. The molecule has 6 heteroatoms. The van der Waals surface area contributed by atoms with Gasteiger partial charge in [0.05, 0.1) is 25.4 Å². The van der Waals surface area contributed by atoms with Crippen molar-refractivity contribution in [1.29, 1.82) is 0 Å². The van der Waals surface area contributed by atoms with Crippen LogP contribution in [0.1, 0.15) is 20.8 Å². The number of amides is 1. The first-order valence-electron chi connectivity index (χ1n) is 5.63. The van der Waals surface area contributed by atoms with Crippen LogP contribution >= 0.6 is 12.4 Å². The maximum atomic E-state index is 12.1. The summed E-state index contributed by atoms with van der Waals surface area (Å²) in [6, 6.07) is -0.509. The third-order valence-electron chi connectivity index (χ3n) is 2.85. The van der Waals surface area contributed by atoms with Gasteiger partial charge in [0.25, 0.3) is 0 Å². The molecule has 3 N–H and O–H groups in total. The number of carbonyl (C=O) groups is 1. The van der Waals surface area contributed by atoms with E-state index >= 15 is 0 Å². The van der Waals surface area contributed by atoms with Crippen LogP contribution in [0.25, 0.3) is 0 Å². The molecule has 0 aromatic carbocycles. The standard InChI is InChI=1S/C11H22N2O3.ClH/c1-11(2,3)9(12)10(15)13-4-5-16-8(6-13)7-14;/h8-9,14H,4-7,12H2,1-3H3;1H/t8?,9-;/m1./s1. The topological polar surface area (TPSA) is 75.8 Å². The molecule has 0 radical (unpaired) electrons. The lowest BCUT2D eigenvalue weighted by molar-refractivity contribution is -0.143. The zero-order valence-electron chi connectivity index (χ0n) is 10.7. The lowest BCUT2D eigenvalue weighted by Crippen LogP contribution is -2.55. The van der Waals surface area contributed by atoms with Gasteiger partial charge in [0.2, 0.25) is 5.91 Å². The predicted molar refractivity (Wildman–Crippen MR) is 68.1 cm³/mol. The zero-order chi connectivity index (χ0) is 12.3. The summed E-state index contributed by atoms with van der Waals surface area (Å²) in [7, 11) is 0. The Hall–Kier alpha value is -0.360. The fourth-order valence-electron chi connectivity index (χ4n) is 1.60. The fourth-order valence-corrected chi connectivity index (χ4v) is 1.60. The van der Waals surface area contributed by atoms with E-state index in [-0.39, 0.29) is 36.4 Å². The summed E-state index contributed by atoms with van der Waals surface area (Å²) in [6.45, 7) is 7.22. The van der Waals surface area contributed by atoms with E-state index in [0.717, 1.165) is 0 Å². The second kappa shape index (κ2) is 6.54. The average Bonchev–Trinajstić information content (AvgIpc) is 2.26. The minimum atomic E-state index is -0.509. The van der Waals surface area contributed by atoms with Crippen molar-refractivity contribution in [1.82, 2.24) is 4.90 Å². The van der Waals surface area contributed by atoms with Crippen LogP contribution in [0.3, 0.4) is 0 Å². The Labute approximate surface area is 109 Å². The van der Waals surface area contributed by atoms with Crippen LogP contribution in [0.15, 0.2) is 0 Å². The first-order chi connectivity index (χ1) is 7.36. The van der Waals surface area contributed by atoms with Crippen molar-refractivity contribution >= 4 is 18.3 Å². The third-order valence-corrected chi connectivity index (χ3v) is 2.85. The number of hydrogen-bond donors (Lipinski definition) is 2. The van der Waals surface area contributed by atoms with Crippen LogP contribution in [0.2, 0.25) is 0 Å². The van der Waals surface area contributed by atoms with Crippen molar-refractivity contribution in [3.63, 3.8) is 0 Å². The van der Waals surface area contributed by atoms with Gasteiger partial charge < -0.3 is 20.5 Å². The van der Waals surface area contributed by atoms with Crippen molar-refractivity contribution < 1.29 is 14.6 Å². The maximum absolute atomic E-state index is 12.1. The molecule has 0 aromatic heterocycles. The molecule has 1 rings (SSSR count). The molecule has 1 aliphatic rings. The lowest BCUT2D eigenvalue weighted by Gasteiger charge is -2.36. The lowest BCUT2D eigenvalue weighted by atomic mass is 9.86. The molecule has 1 fully saturated rings. The highest BCUT2D eigenvalue weighted by molar-refractivity contribution is 5.85. The van der Waals surface area contributed by atoms with Crippen molar-refractivity contribution in [2.24, 2.45) is 11.1 Å². The number of nitrogens with two attached hydrogens (primary N) is 1. The zero-order valence-corrected chi connectivity index (χ0v) is 11.5. The van der Waals surface area contributed by atoms with E-state index in [1.165, 1.54) is 0 Å². The molecule has 0 spiro atoms. The number of morpholine rings is 1. The fraction of sp³-hybridized carbons (Fsp3) is 0.909. The molecule has 102 valence electrons. The Balaban J connectivity index is 0.00000256. The van der Waals surface area contributed by atoms with Gasteiger partial charge in [-0.1, -0.05) is 20.8 Å². The second-order valence-electron chi connectivity index (χ2n) is 5.30. The Morgan fingerprint density at radius 2 is 2.18 bits per heavy atom. The molecule has 0 aromatic rings. The Kier molecular flexibility index (Phi) is 6.40. The van der Waals surface area contributed by atoms with Gasteiger partial charge in [-0.25, -0.2) is 0 Å². The summed E-state index contributed by atoms with van der Waals surface area (Å²) in [5.41, 5.74) is 5.67. The molecule has 17 heavy (non-hydrogen) atoms. The first kappa shape index (κ1) is 16.6. The number of nitrogens with zero attached hydrogens (tertiary/aromatic N) is 1. The summed E-state index contributed by atoms with van der Waals surface area (Å²) in [5.74, 6) is -0.0609. The summed E-state index contributed by atoms with van der Waals surface area (Å²) in [6.07, 6.45) is -0.273. The van der Waals surface area contributed by atoms with Gasteiger partial charge in [-0.15, -0.1) is 12.4 Å². The number of ether oxygens (including phenoxy) is 1. The van der Waals surface area contributed by atoms with Crippen LogP contribution in [-0.4, -0.2) is 54.4 Å². The number of hydrogen-bond acceptors (Lipinski definition) is 4. The van der Waals surface area contributed by atoms with Gasteiger partial charge in [-0.2, -0.15) is 0 Å². The van der Waals surface area contributed by atoms with Crippen molar-refractivity contribution in [2.45, 2.75) is 32.9 Å². The van der Waals surface area contributed by atoms with Gasteiger partial charge in [0.15, 0.2) is 0 Å². The average molecular weight is 267 g/mol. The third kappa shape index (κ3) is 4.43. The molecule has 0 saturated carbocycles. The molecule has 1 saturated heterocycles. The summed E-state index contributed by atoms with van der Waals surface area (Å²) < 4.78 is 5.29. The number of aliphatic hydroxyl groups excluding tert-OH is 1. The predicted octanol–water partition coefficient (Wildman–Crippen LogP) is 0.00130. The highest BCUT2D eigenvalue weighted by Gasteiger charge is 2.33. The Morgan fingerprint density at radius 1 is 1.59 bits per heavy atom. The van der Waals surface area contributed by atoms with Gasteiger partial charge >= 0.3 is 0 Å². The Morgan fingerprint density at radius 3 is 2.65 bits per heavy atom. The van der Waals surface area contributed by atoms with Crippen molar-refractivity contribution in [2.75, 3.05) is 26.3 Å². The number of carbonyl (C=O) groups excluding carboxylic acids is 1. The molecule has 1 amide bonds. The van der Waals surface area contributed by atoms with Crippen LogP contribution in [0.5, 0.6) is 0 Å². The number of rotatable bonds is 2. The summed E-state index contributed by atoms with van der Waals surface area (Å²) in [5, 5.41) is 8.99. The molecule has 1 heterocycles. The minimum absolute atomic E-state index is 0. The van der Waals surface area contributed by atoms with Gasteiger partial charge in [0.1, 0.15) is 0 Å². The highest BCUT2D eigenvalue weighted by atomic mass is 35.5. The van der Waals surface area contributed by atoms with Crippen LogP contribution in [0, 0.1) is 5.41 Å². The smallest absolute Gasteiger partial charge is 0.240 e. The largest absolute Gasteiger partial charge is 0.394 e. The van der Waals surface area contributed by atoms with Crippen molar-refractivity contribution in [3.05, 3.63) is 0 Å². The first-order valence-corrected chi connectivity index (χ1v) is 5.63. The molecule has 1 unspecified atom stereocenters. The SMILES string of the molecule is CC(C)(C)[C@H](N)C(=O)N1CCOC(CO)C1.Cl.